The Labute approximate surface area is 303 Å². The maximum absolute atomic E-state index is 9.71. The summed E-state index contributed by atoms with van der Waals surface area (Å²) in [6.07, 6.45) is 13.2. The van der Waals surface area contributed by atoms with Gasteiger partial charge in [0.05, 0.1) is 35.6 Å². The molecule has 6 rings (SSSR count). The Kier molecular flexibility index (Phi) is 16.5. The van der Waals surface area contributed by atoms with Crippen LogP contribution in [0.5, 0.6) is 0 Å². The molecule has 0 unspecified atom stereocenters. The fourth-order valence-corrected chi connectivity index (χ4v) is 6.76. The minimum absolute atomic E-state index is 0.118. The molecule has 5 N–H and O–H groups in total. The minimum Gasteiger partial charge on any atom is -0.393 e. The summed E-state index contributed by atoms with van der Waals surface area (Å²) in [4.78, 5) is 8.65. The summed E-state index contributed by atoms with van der Waals surface area (Å²) in [7, 11) is 0. The van der Waals surface area contributed by atoms with E-state index in [-0.39, 0.29) is 12.2 Å². The molecule has 2 fully saturated rings. The molecule has 2 atom stereocenters. The highest BCUT2D eigenvalue weighted by molar-refractivity contribution is 9.11. The van der Waals surface area contributed by atoms with Gasteiger partial charge in [0.15, 0.2) is 0 Å². The van der Waals surface area contributed by atoms with Crippen LogP contribution < -0.4 is 11.1 Å². The SMILES string of the molecule is CC[C@H](C)N.CC[C@H](C)Nc1ncc2c(Br)cc(C3CCC(O)CC3)n2n1.Cc1ncc2c(Br)cc(C3CCC(O)CC3)n2n1.O=S=O. The predicted octanol–water partition coefficient (Wildman–Crippen LogP) is 6.61. The second kappa shape index (κ2) is 19.8. The van der Waals surface area contributed by atoms with Crippen molar-refractivity contribution in [3.63, 3.8) is 0 Å². The lowest BCUT2D eigenvalue weighted by molar-refractivity contribution is 0.121. The van der Waals surface area contributed by atoms with Crippen molar-refractivity contribution in [2.75, 3.05) is 5.32 Å². The van der Waals surface area contributed by atoms with E-state index < -0.39 is 11.6 Å². The zero-order chi connectivity index (χ0) is 35.4. The molecule has 12 nitrogen and oxygen atoms in total. The molecule has 0 spiro atoms. The number of aromatic nitrogens is 6. The number of aliphatic hydroxyl groups excluding tert-OH is 2. The lowest BCUT2D eigenvalue weighted by atomic mass is 9.85. The second-order valence-corrected chi connectivity index (χ2v) is 14.6. The Bertz CT molecular complexity index is 1610. The number of aryl methyl sites for hydroxylation is 1. The molecule has 0 radical (unpaired) electrons. The van der Waals surface area contributed by atoms with Gasteiger partial charge in [0.25, 0.3) is 0 Å². The van der Waals surface area contributed by atoms with Gasteiger partial charge in [0.2, 0.25) is 5.95 Å². The molecule has 4 aromatic heterocycles. The normalized spacial score (nSPS) is 21.9. The third kappa shape index (κ3) is 11.4. The third-order valence-electron chi connectivity index (χ3n) is 8.97. The van der Waals surface area contributed by atoms with Gasteiger partial charge in [-0.05, 0) is 129 Å². The minimum atomic E-state index is -0.750. The molecule has 4 aromatic rings. The molecular formula is C33H50Br2N8O4S. The first-order valence-electron chi connectivity index (χ1n) is 16.8. The number of halogens is 2. The molecule has 15 heteroatoms. The number of anilines is 1. The summed E-state index contributed by atoms with van der Waals surface area (Å²) in [6.45, 7) is 10.2. The van der Waals surface area contributed by atoms with Crippen LogP contribution >= 0.6 is 31.9 Å². The van der Waals surface area contributed by atoms with Gasteiger partial charge in [-0.25, -0.2) is 19.0 Å². The van der Waals surface area contributed by atoms with Crippen molar-refractivity contribution in [1.29, 1.82) is 0 Å². The summed E-state index contributed by atoms with van der Waals surface area (Å²) in [5.74, 6) is 2.39. The van der Waals surface area contributed by atoms with E-state index in [0.717, 1.165) is 90.0 Å². The van der Waals surface area contributed by atoms with Gasteiger partial charge >= 0.3 is 11.6 Å². The highest BCUT2D eigenvalue weighted by Crippen LogP contribution is 2.37. The molecule has 0 bridgehead atoms. The van der Waals surface area contributed by atoms with Crippen molar-refractivity contribution in [3.05, 3.63) is 50.7 Å². The highest BCUT2D eigenvalue weighted by Gasteiger charge is 2.26. The molecular weight excluding hydrogens is 764 g/mol. The Morgan fingerprint density at radius 1 is 0.833 bits per heavy atom. The van der Waals surface area contributed by atoms with E-state index in [1.165, 1.54) is 11.4 Å². The van der Waals surface area contributed by atoms with Crippen LogP contribution in [0.1, 0.15) is 121 Å². The van der Waals surface area contributed by atoms with E-state index in [9.17, 15) is 10.2 Å². The largest absolute Gasteiger partial charge is 0.393 e. The van der Waals surface area contributed by atoms with Crippen molar-refractivity contribution >= 4 is 60.4 Å². The quantitative estimate of drug-likeness (QED) is 0.166. The van der Waals surface area contributed by atoms with Crippen molar-refractivity contribution in [2.24, 2.45) is 5.73 Å². The number of rotatable bonds is 6. The van der Waals surface area contributed by atoms with Crippen LogP contribution in [0.2, 0.25) is 0 Å². The van der Waals surface area contributed by atoms with Gasteiger partial charge in [-0.15, -0.1) is 5.10 Å². The summed E-state index contributed by atoms with van der Waals surface area (Å²) in [5, 5.41) is 31.8. The summed E-state index contributed by atoms with van der Waals surface area (Å²) in [5.41, 5.74) is 9.75. The van der Waals surface area contributed by atoms with E-state index in [1.807, 2.05) is 35.3 Å². The monoisotopic (exact) mass is 812 g/mol. The van der Waals surface area contributed by atoms with Crippen LogP contribution in [0.3, 0.4) is 0 Å². The van der Waals surface area contributed by atoms with Crippen molar-refractivity contribution in [1.82, 2.24) is 29.2 Å². The Balaban J connectivity index is 0.000000216. The number of fused-ring (bicyclic) bond motifs is 2. The average Bonchev–Trinajstić information content (AvgIpc) is 3.57. The number of nitrogens with zero attached hydrogens (tertiary/aromatic N) is 6. The van der Waals surface area contributed by atoms with Crippen molar-refractivity contribution < 1.29 is 18.6 Å². The van der Waals surface area contributed by atoms with E-state index in [0.29, 0.717) is 29.9 Å². The molecule has 0 amide bonds. The molecule has 2 aliphatic rings. The lowest BCUT2D eigenvalue weighted by Gasteiger charge is -2.25. The van der Waals surface area contributed by atoms with E-state index >= 15 is 0 Å². The first-order valence-corrected chi connectivity index (χ1v) is 19.0. The molecule has 48 heavy (non-hydrogen) atoms. The number of aliphatic hydroxyl groups is 2. The first-order chi connectivity index (χ1) is 22.9. The standard InChI is InChI=1S/C16H23BrN4O.C13H16BrN3O.C4H11N.O2S/c1-3-10(2)19-16-18-9-15-13(17)8-14(21(15)20-16)11-4-6-12(22)7-5-11;1-8-15-7-13-11(14)6-12(17(13)16-8)9-2-4-10(18)5-3-9;1-3-4(2)5;1-3-2/h8-12,22H,3-7H2,1-2H3,(H,19,20);6-7,9-10,18H,2-5H2,1H3;4H,3,5H2,1-2H3;/t10-,11?,12?;;4-;/m0.0./s1. The van der Waals surface area contributed by atoms with Crippen LogP contribution in [0.4, 0.5) is 5.95 Å². The molecule has 2 aliphatic carbocycles. The van der Waals surface area contributed by atoms with Crippen LogP contribution in [0.25, 0.3) is 11.0 Å². The van der Waals surface area contributed by atoms with E-state index in [4.69, 9.17) is 14.2 Å². The topological polar surface area (TPSA) is 173 Å². The first kappa shape index (κ1) is 40.1. The third-order valence-corrected chi connectivity index (χ3v) is 10.2. The Hall–Kier alpha value is -2.30. The number of hydrogen-bond donors (Lipinski definition) is 4. The zero-order valence-corrected chi connectivity index (χ0v) is 32.5. The molecule has 0 saturated heterocycles. The van der Waals surface area contributed by atoms with Crippen LogP contribution in [0.15, 0.2) is 33.5 Å². The molecule has 2 saturated carbocycles. The van der Waals surface area contributed by atoms with Crippen LogP contribution in [-0.2, 0) is 11.6 Å². The van der Waals surface area contributed by atoms with Gasteiger partial charge in [-0.1, -0.05) is 13.8 Å². The van der Waals surface area contributed by atoms with Gasteiger partial charge in [-0.2, -0.15) is 13.5 Å². The van der Waals surface area contributed by atoms with Gasteiger partial charge in [-0.3, -0.25) is 0 Å². The van der Waals surface area contributed by atoms with Crippen molar-refractivity contribution in [3.8, 4) is 0 Å². The van der Waals surface area contributed by atoms with E-state index in [2.05, 4.69) is 90.2 Å². The zero-order valence-electron chi connectivity index (χ0n) is 28.5. The summed E-state index contributed by atoms with van der Waals surface area (Å²) < 4.78 is 22.7. The highest BCUT2D eigenvalue weighted by atomic mass is 79.9. The molecule has 0 aromatic carbocycles. The maximum atomic E-state index is 9.71. The van der Waals surface area contributed by atoms with Gasteiger partial charge < -0.3 is 21.3 Å². The summed E-state index contributed by atoms with van der Waals surface area (Å²) in [6, 6.07) is 5.03. The number of nitrogens with two attached hydrogens (primary N) is 1. The smallest absolute Gasteiger partial charge is 0.335 e. The predicted molar refractivity (Wildman–Crippen MR) is 197 cm³/mol. The van der Waals surface area contributed by atoms with Crippen molar-refractivity contribution in [2.45, 2.75) is 135 Å². The Morgan fingerprint density at radius 3 is 1.67 bits per heavy atom. The molecule has 266 valence electrons. The number of nitrogens with one attached hydrogen (secondary N) is 1. The average molecular weight is 815 g/mol. The second-order valence-electron chi connectivity index (χ2n) is 12.7. The van der Waals surface area contributed by atoms with Crippen LogP contribution in [-0.4, -0.2) is 72.1 Å². The van der Waals surface area contributed by atoms with Crippen LogP contribution in [0, 0.1) is 6.92 Å². The fourth-order valence-electron chi connectivity index (χ4n) is 5.75. The number of hydrogen-bond acceptors (Lipinski definition) is 10. The van der Waals surface area contributed by atoms with Gasteiger partial charge in [0, 0.05) is 44.3 Å². The molecule has 0 aliphatic heterocycles. The molecule has 4 heterocycles. The van der Waals surface area contributed by atoms with E-state index in [1.54, 1.807) is 0 Å². The Morgan fingerprint density at radius 2 is 1.25 bits per heavy atom. The fraction of sp³-hybridized carbons (Fsp3) is 0.636. The summed E-state index contributed by atoms with van der Waals surface area (Å²) >= 11 is 6.44. The van der Waals surface area contributed by atoms with Gasteiger partial charge in [0.1, 0.15) is 5.82 Å². The lowest BCUT2D eigenvalue weighted by Crippen LogP contribution is -2.19. The maximum Gasteiger partial charge on any atom is 0.335 e.